The molecule has 0 amide bonds. The molecule has 0 saturated heterocycles. The molecule has 0 rings (SSSR count). The third-order valence-electron chi connectivity index (χ3n) is 2.05. The summed E-state index contributed by atoms with van der Waals surface area (Å²) in [6.07, 6.45) is 0.561. The Morgan fingerprint density at radius 2 is 1.73 bits per heavy atom. The number of halogens is 2. The number of alkyl halides is 2. The number of hydrogen-bond acceptors (Lipinski definition) is 1. The van der Waals surface area contributed by atoms with Crippen molar-refractivity contribution in [3.8, 4) is 0 Å². The molecule has 0 unspecified atom stereocenters. The van der Waals surface area contributed by atoms with Crippen molar-refractivity contribution in [3.05, 3.63) is 12.7 Å². The van der Waals surface area contributed by atoms with Crippen molar-refractivity contribution in [2.75, 3.05) is 0 Å². The molecule has 11 heavy (non-hydrogen) atoms. The van der Waals surface area contributed by atoms with E-state index in [1.54, 1.807) is 0 Å². The standard InChI is InChI=1S/C8H14F2O/c1-4-7(11,5-2)8(9,10)6-3/h6,11H,3-5H2,1-2H3. The van der Waals surface area contributed by atoms with E-state index in [1.165, 1.54) is 13.8 Å². The first-order valence-corrected chi connectivity index (χ1v) is 3.67. The molecule has 0 spiro atoms. The van der Waals surface area contributed by atoms with E-state index in [9.17, 15) is 13.9 Å². The van der Waals surface area contributed by atoms with Crippen molar-refractivity contribution >= 4 is 0 Å². The minimum Gasteiger partial charge on any atom is -0.383 e. The molecule has 0 aromatic heterocycles. The minimum atomic E-state index is -3.18. The fraction of sp³-hybridized carbons (Fsp3) is 0.750. The van der Waals surface area contributed by atoms with Gasteiger partial charge in [-0.1, -0.05) is 20.4 Å². The molecule has 0 aliphatic heterocycles. The summed E-state index contributed by atoms with van der Waals surface area (Å²) in [6.45, 7) is 6.04. The van der Waals surface area contributed by atoms with Crippen LogP contribution in [0.5, 0.6) is 0 Å². The maximum Gasteiger partial charge on any atom is 0.294 e. The summed E-state index contributed by atoms with van der Waals surface area (Å²) in [7, 11) is 0. The summed E-state index contributed by atoms with van der Waals surface area (Å²) < 4.78 is 25.7. The average Bonchev–Trinajstić information content (AvgIpc) is 2.02. The Kier molecular flexibility index (Phi) is 3.17. The van der Waals surface area contributed by atoms with Gasteiger partial charge in [0.25, 0.3) is 5.92 Å². The van der Waals surface area contributed by atoms with Crippen LogP contribution in [0.3, 0.4) is 0 Å². The fourth-order valence-electron chi connectivity index (χ4n) is 0.911. The SMILES string of the molecule is C=CC(F)(F)C(O)(CC)CC. The average molecular weight is 164 g/mol. The molecule has 0 aliphatic carbocycles. The lowest BCUT2D eigenvalue weighted by atomic mass is 9.90. The van der Waals surface area contributed by atoms with Crippen molar-refractivity contribution in [2.45, 2.75) is 38.2 Å². The van der Waals surface area contributed by atoms with E-state index in [4.69, 9.17) is 0 Å². The van der Waals surface area contributed by atoms with Gasteiger partial charge in [-0.05, 0) is 18.9 Å². The predicted octanol–water partition coefficient (Wildman–Crippen LogP) is 2.36. The Hall–Kier alpha value is -0.440. The van der Waals surface area contributed by atoms with Gasteiger partial charge in [0.15, 0.2) is 0 Å². The lowest BCUT2D eigenvalue weighted by Crippen LogP contribution is -2.45. The van der Waals surface area contributed by atoms with Crippen molar-refractivity contribution in [3.63, 3.8) is 0 Å². The van der Waals surface area contributed by atoms with Gasteiger partial charge in [-0.2, -0.15) is 8.78 Å². The van der Waals surface area contributed by atoms with Crippen LogP contribution in [0.15, 0.2) is 12.7 Å². The molecule has 0 fully saturated rings. The lowest BCUT2D eigenvalue weighted by Gasteiger charge is -2.31. The first kappa shape index (κ1) is 10.6. The zero-order chi connectivity index (χ0) is 9.12. The highest BCUT2D eigenvalue weighted by atomic mass is 19.3. The fourth-order valence-corrected chi connectivity index (χ4v) is 0.911. The molecular weight excluding hydrogens is 150 g/mol. The molecule has 0 saturated carbocycles. The summed E-state index contributed by atoms with van der Waals surface area (Å²) in [4.78, 5) is 0. The van der Waals surface area contributed by atoms with Crippen molar-refractivity contribution in [1.82, 2.24) is 0 Å². The molecule has 0 radical (unpaired) electrons. The quantitative estimate of drug-likeness (QED) is 0.632. The van der Waals surface area contributed by atoms with Crippen molar-refractivity contribution in [2.24, 2.45) is 0 Å². The van der Waals surface area contributed by atoms with Gasteiger partial charge in [0.2, 0.25) is 0 Å². The van der Waals surface area contributed by atoms with Crippen LogP contribution in [0.4, 0.5) is 8.78 Å². The molecule has 3 heteroatoms. The molecule has 0 heterocycles. The van der Waals surface area contributed by atoms with Crippen LogP contribution >= 0.6 is 0 Å². The van der Waals surface area contributed by atoms with Gasteiger partial charge in [-0.25, -0.2) is 0 Å². The van der Waals surface area contributed by atoms with E-state index in [0.717, 1.165) is 0 Å². The normalized spacial score (nSPS) is 13.2. The molecule has 0 atom stereocenters. The van der Waals surface area contributed by atoms with E-state index in [0.29, 0.717) is 6.08 Å². The number of hydrogen-bond donors (Lipinski definition) is 1. The van der Waals surface area contributed by atoms with E-state index in [1.807, 2.05) is 0 Å². The van der Waals surface area contributed by atoms with Crippen LogP contribution in [-0.2, 0) is 0 Å². The molecule has 0 bridgehead atoms. The Morgan fingerprint density at radius 1 is 1.36 bits per heavy atom. The lowest BCUT2D eigenvalue weighted by molar-refractivity contribution is -0.153. The van der Waals surface area contributed by atoms with Crippen LogP contribution in [-0.4, -0.2) is 16.6 Å². The third-order valence-corrected chi connectivity index (χ3v) is 2.05. The number of rotatable bonds is 4. The van der Waals surface area contributed by atoms with E-state index < -0.39 is 11.5 Å². The van der Waals surface area contributed by atoms with E-state index in [-0.39, 0.29) is 12.8 Å². The number of aliphatic hydroxyl groups is 1. The second kappa shape index (κ2) is 3.30. The smallest absolute Gasteiger partial charge is 0.294 e. The highest BCUT2D eigenvalue weighted by Crippen LogP contribution is 2.34. The topological polar surface area (TPSA) is 20.2 Å². The third kappa shape index (κ3) is 1.77. The molecule has 0 aromatic carbocycles. The summed E-state index contributed by atoms with van der Waals surface area (Å²) in [6, 6.07) is 0. The minimum absolute atomic E-state index is 0.0303. The van der Waals surface area contributed by atoms with Crippen LogP contribution in [0.2, 0.25) is 0 Å². The summed E-state index contributed by atoms with van der Waals surface area (Å²) in [5.41, 5.74) is -1.92. The van der Waals surface area contributed by atoms with Crippen LogP contribution in [0.25, 0.3) is 0 Å². The summed E-state index contributed by atoms with van der Waals surface area (Å²) in [5, 5.41) is 9.34. The first-order valence-electron chi connectivity index (χ1n) is 3.67. The van der Waals surface area contributed by atoms with Gasteiger partial charge in [-0.15, -0.1) is 0 Å². The van der Waals surface area contributed by atoms with Crippen LogP contribution in [0.1, 0.15) is 26.7 Å². The van der Waals surface area contributed by atoms with Gasteiger partial charge in [-0.3, -0.25) is 0 Å². The zero-order valence-corrected chi connectivity index (χ0v) is 6.90. The van der Waals surface area contributed by atoms with Gasteiger partial charge in [0.05, 0.1) is 0 Å². The van der Waals surface area contributed by atoms with E-state index in [2.05, 4.69) is 6.58 Å². The summed E-state index contributed by atoms with van der Waals surface area (Å²) >= 11 is 0. The molecule has 0 aliphatic rings. The second-order valence-electron chi connectivity index (χ2n) is 2.57. The maximum absolute atomic E-state index is 12.8. The molecular formula is C8H14F2O. The molecule has 0 aromatic rings. The van der Waals surface area contributed by atoms with Gasteiger partial charge < -0.3 is 5.11 Å². The van der Waals surface area contributed by atoms with Gasteiger partial charge in [0.1, 0.15) is 5.60 Å². The zero-order valence-electron chi connectivity index (χ0n) is 6.90. The molecule has 1 nitrogen and oxygen atoms in total. The Morgan fingerprint density at radius 3 is 1.82 bits per heavy atom. The highest BCUT2D eigenvalue weighted by molar-refractivity contribution is 5.02. The largest absolute Gasteiger partial charge is 0.383 e. The maximum atomic E-state index is 12.8. The Balaban J connectivity index is 4.60. The Labute approximate surface area is 65.7 Å². The second-order valence-corrected chi connectivity index (χ2v) is 2.57. The molecule has 1 N–H and O–H groups in total. The summed E-state index contributed by atoms with van der Waals surface area (Å²) in [5.74, 6) is -3.18. The van der Waals surface area contributed by atoms with E-state index >= 15 is 0 Å². The molecule has 66 valence electrons. The first-order chi connectivity index (χ1) is 4.93. The van der Waals surface area contributed by atoms with Crippen molar-refractivity contribution < 1.29 is 13.9 Å². The monoisotopic (exact) mass is 164 g/mol. The van der Waals surface area contributed by atoms with Gasteiger partial charge in [0, 0.05) is 0 Å². The highest BCUT2D eigenvalue weighted by Gasteiger charge is 2.47. The van der Waals surface area contributed by atoms with Gasteiger partial charge >= 0.3 is 0 Å². The van der Waals surface area contributed by atoms with Crippen LogP contribution < -0.4 is 0 Å². The Bertz CT molecular complexity index is 139. The van der Waals surface area contributed by atoms with Crippen LogP contribution in [0, 0.1) is 0 Å². The van der Waals surface area contributed by atoms with Crippen molar-refractivity contribution in [1.29, 1.82) is 0 Å². The predicted molar refractivity (Wildman–Crippen MR) is 40.7 cm³/mol.